The zero-order chi connectivity index (χ0) is 17.9. The van der Waals surface area contributed by atoms with Gasteiger partial charge in [0.05, 0.1) is 6.61 Å². The van der Waals surface area contributed by atoms with Crippen LogP contribution in [0.1, 0.15) is 29.0 Å². The Balaban J connectivity index is 1.30. The molecule has 0 aliphatic heterocycles. The zero-order valence-electron chi connectivity index (χ0n) is 14.7. The van der Waals surface area contributed by atoms with Gasteiger partial charge in [-0.25, -0.2) is 0 Å². The minimum Gasteiger partial charge on any atom is -0.392 e. The number of carbonyl (C=O) groups is 1. The first-order valence-corrected chi connectivity index (χ1v) is 9.19. The minimum atomic E-state index is 0.0643. The van der Waals surface area contributed by atoms with Crippen molar-refractivity contribution in [2.24, 2.45) is 5.92 Å². The van der Waals surface area contributed by atoms with E-state index in [4.69, 9.17) is 5.11 Å². The largest absolute Gasteiger partial charge is 0.392 e. The summed E-state index contributed by atoms with van der Waals surface area (Å²) in [5.74, 6) is 0.617. The molecular formula is C23H23NO2. The Kier molecular flexibility index (Phi) is 4.72. The Morgan fingerprint density at radius 2 is 1.69 bits per heavy atom. The van der Waals surface area contributed by atoms with Gasteiger partial charge < -0.3 is 10.4 Å². The molecule has 4 rings (SSSR count). The molecule has 2 atom stereocenters. The fraction of sp³-hybridized carbons (Fsp3) is 0.261. The maximum atomic E-state index is 12.4. The number of hydrogen-bond acceptors (Lipinski definition) is 2. The molecular weight excluding hydrogens is 322 g/mol. The Bertz CT molecular complexity index is 917. The summed E-state index contributed by atoms with van der Waals surface area (Å²) in [5.41, 5.74) is 3.35. The van der Waals surface area contributed by atoms with Crippen molar-refractivity contribution in [3.63, 3.8) is 0 Å². The number of aliphatic hydroxyl groups excluding tert-OH is 1. The van der Waals surface area contributed by atoms with E-state index in [0.717, 1.165) is 18.4 Å². The fourth-order valence-electron chi connectivity index (χ4n) is 3.56. The number of fused-ring (bicyclic) bond motifs is 1. The average Bonchev–Trinajstić information content (AvgIpc) is 3.49. The third kappa shape index (κ3) is 3.63. The lowest BCUT2D eigenvalue weighted by Gasteiger charge is -2.07. The van der Waals surface area contributed by atoms with E-state index in [1.54, 1.807) is 0 Å². The van der Waals surface area contributed by atoms with Gasteiger partial charge in [-0.3, -0.25) is 4.79 Å². The Hall–Kier alpha value is -2.65. The van der Waals surface area contributed by atoms with Crippen LogP contribution >= 0.6 is 0 Å². The molecule has 0 aromatic heterocycles. The minimum absolute atomic E-state index is 0.0643. The van der Waals surface area contributed by atoms with Crippen LogP contribution in [0.3, 0.4) is 0 Å². The van der Waals surface area contributed by atoms with Crippen LogP contribution in [-0.2, 0) is 17.8 Å². The van der Waals surface area contributed by atoms with E-state index >= 15 is 0 Å². The summed E-state index contributed by atoms with van der Waals surface area (Å²) in [6.07, 6.45) is 1.75. The molecule has 132 valence electrons. The summed E-state index contributed by atoms with van der Waals surface area (Å²) in [7, 11) is 0. The molecule has 0 radical (unpaired) electrons. The third-order valence-corrected chi connectivity index (χ3v) is 5.25. The number of nitrogens with one attached hydrogen (secondary N) is 1. The van der Waals surface area contributed by atoms with Gasteiger partial charge in [-0.2, -0.15) is 0 Å². The first-order chi connectivity index (χ1) is 12.7. The van der Waals surface area contributed by atoms with Gasteiger partial charge >= 0.3 is 0 Å². The molecule has 1 aliphatic carbocycles. The second kappa shape index (κ2) is 7.30. The van der Waals surface area contributed by atoms with E-state index in [1.165, 1.54) is 21.9 Å². The number of benzene rings is 3. The molecule has 2 unspecified atom stereocenters. The van der Waals surface area contributed by atoms with Crippen LogP contribution in [0.4, 0.5) is 0 Å². The molecule has 2 N–H and O–H groups in total. The van der Waals surface area contributed by atoms with E-state index in [9.17, 15) is 4.79 Å². The maximum absolute atomic E-state index is 12.4. The second-order valence-corrected chi connectivity index (χ2v) is 7.07. The van der Waals surface area contributed by atoms with Crippen LogP contribution in [-0.4, -0.2) is 17.6 Å². The van der Waals surface area contributed by atoms with Crippen LogP contribution in [0.25, 0.3) is 10.8 Å². The molecule has 1 aliphatic rings. The maximum Gasteiger partial charge on any atom is 0.223 e. The van der Waals surface area contributed by atoms with Gasteiger partial charge in [0, 0.05) is 12.5 Å². The zero-order valence-corrected chi connectivity index (χ0v) is 14.7. The number of rotatable bonds is 6. The van der Waals surface area contributed by atoms with Crippen molar-refractivity contribution >= 4 is 16.7 Å². The summed E-state index contributed by atoms with van der Waals surface area (Å²) >= 11 is 0. The Morgan fingerprint density at radius 1 is 0.962 bits per heavy atom. The molecule has 1 fully saturated rings. The summed E-state index contributed by atoms with van der Waals surface area (Å²) in [6.45, 7) is 0.715. The van der Waals surface area contributed by atoms with Gasteiger partial charge in [0.1, 0.15) is 0 Å². The summed E-state index contributed by atoms with van der Waals surface area (Å²) in [6, 6.07) is 22.7. The van der Waals surface area contributed by atoms with Gasteiger partial charge in [-0.15, -0.1) is 0 Å². The lowest BCUT2D eigenvalue weighted by atomic mass is 10.0. The predicted octanol–water partition coefficient (Wildman–Crippen LogP) is 3.79. The molecule has 0 heterocycles. The smallest absolute Gasteiger partial charge is 0.223 e. The Morgan fingerprint density at radius 3 is 2.46 bits per heavy atom. The molecule has 26 heavy (non-hydrogen) atoms. The van der Waals surface area contributed by atoms with Crippen LogP contribution in [0.15, 0.2) is 66.7 Å². The quantitative estimate of drug-likeness (QED) is 0.714. The molecule has 0 spiro atoms. The molecule has 3 aromatic carbocycles. The normalized spacial score (nSPS) is 18.7. The molecule has 3 heteroatoms. The number of aliphatic hydroxyl groups is 1. The topological polar surface area (TPSA) is 49.3 Å². The lowest BCUT2D eigenvalue weighted by molar-refractivity contribution is -0.122. The highest BCUT2D eigenvalue weighted by atomic mass is 16.3. The van der Waals surface area contributed by atoms with Crippen molar-refractivity contribution in [3.05, 3.63) is 83.4 Å². The second-order valence-electron chi connectivity index (χ2n) is 7.07. The number of hydrogen-bond donors (Lipinski definition) is 2. The van der Waals surface area contributed by atoms with Crippen molar-refractivity contribution in [1.29, 1.82) is 0 Å². The molecule has 0 bridgehead atoms. The van der Waals surface area contributed by atoms with E-state index in [1.807, 2.05) is 30.3 Å². The van der Waals surface area contributed by atoms with Crippen molar-refractivity contribution in [2.45, 2.75) is 25.4 Å². The lowest BCUT2D eigenvalue weighted by Crippen LogP contribution is -2.27. The van der Waals surface area contributed by atoms with E-state index in [0.29, 0.717) is 12.5 Å². The fourth-order valence-corrected chi connectivity index (χ4v) is 3.56. The van der Waals surface area contributed by atoms with E-state index in [-0.39, 0.29) is 18.4 Å². The number of carbonyl (C=O) groups excluding carboxylic acids is 1. The highest BCUT2D eigenvalue weighted by Crippen LogP contribution is 2.48. The van der Waals surface area contributed by atoms with Crippen LogP contribution in [0.5, 0.6) is 0 Å². The van der Waals surface area contributed by atoms with Gasteiger partial charge in [-0.1, -0.05) is 66.7 Å². The monoisotopic (exact) mass is 345 g/mol. The molecule has 3 nitrogen and oxygen atoms in total. The van der Waals surface area contributed by atoms with Gasteiger partial charge in [0.25, 0.3) is 0 Å². The van der Waals surface area contributed by atoms with Gasteiger partial charge in [0.15, 0.2) is 0 Å². The highest BCUT2D eigenvalue weighted by molar-refractivity contribution is 5.85. The van der Waals surface area contributed by atoms with E-state index < -0.39 is 0 Å². The molecule has 0 saturated heterocycles. The summed E-state index contributed by atoms with van der Waals surface area (Å²) in [4.78, 5) is 12.4. The van der Waals surface area contributed by atoms with Crippen molar-refractivity contribution in [2.75, 3.05) is 6.54 Å². The molecule has 3 aromatic rings. The Labute approximate surface area is 153 Å². The van der Waals surface area contributed by atoms with E-state index in [2.05, 4.69) is 41.7 Å². The average molecular weight is 345 g/mol. The van der Waals surface area contributed by atoms with Gasteiger partial charge in [-0.05, 0) is 46.2 Å². The molecule has 1 amide bonds. The van der Waals surface area contributed by atoms with Crippen LogP contribution in [0.2, 0.25) is 0 Å². The predicted molar refractivity (Wildman–Crippen MR) is 104 cm³/mol. The molecule has 1 saturated carbocycles. The third-order valence-electron chi connectivity index (χ3n) is 5.25. The number of amides is 1. The summed E-state index contributed by atoms with van der Waals surface area (Å²) < 4.78 is 0. The van der Waals surface area contributed by atoms with Crippen molar-refractivity contribution in [1.82, 2.24) is 5.32 Å². The summed E-state index contributed by atoms with van der Waals surface area (Å²) in [5, 5.41) is 14.6. The van der Waals surface area contributed by atoms with Crippen LogP contribution in [0, 0.1) is 5.92 Å². The van der Waals surface area contributed by atoms with Crippen molar-refractivity contribution < 1.29 is 9.90 Å². The standard InChI is InChI=1S/C23H23NO2/c25-15-17-7-5-16(6-8-17)11-12-24-23(26)22-14-21(22)20-10-9-18-3-1-2-4-19(18)13-20/h1-10,13,21-22,25H,11-12,14-15H2,(H,24,26). The van der Waals surface area contributed by atoms with Gasteiger partial charge in [0.2, 0.25) is 5.91 Å². The first-order valence-electron chi connectivity index (χ1n) is 9.19. The first kappa shape index (κ1) is 16.8. The highest BCUT2D eigenvalue weighted by Gasteiger charge is 2.43. The SMILES string of the molecule is O=C(NCCc1ccc(CO)cc1)C1CC1c1ccc2ccccc2c1. The van der Waals surface area contributed by atoms with Crippen molar-refractivity contribution in [3.8, 4) is 0 Å². The van der Waals surface area contributed by atoms with Crippen LogP contribution < -0.4 is 5.32 Å².